The highest BCUT2D eigenvalue weighted by Gasteiger charge is 2.10. The van der Waals surface area contributed by atoms with Crippen LogP contribution in [0, 0.1) is 0 Å². The summed E-state index contributed by atoms with van der Waals surface area (Å²) in [6.07, 6.45) is 0. The zero-order valence-corrected chi connectivity index (χ0v) is 8.24. The zero-order chi connectivity index (χ0) is 8.97. The first-order chi connectivity index (χ1) is 5.70. The summed E-state index contributed by atoms with van der Waals surface area (Å²) in [4.78, 5) is 10.8. The van der Waals surface area contributed by atoms with Crippen molar-refractivity contribution in [1.29, 1.82) is 0 Å². The molecule has 0 aliphatic carbocycles. The first-order valence-electron chi connectivity index (χ1n) is 3.61. The number of carbonyl (C=O) groups excluding carboxylic acids is 1. The van der Waals surface area contributed by atoms with Gasteiger partial charge in [0.05, 0.1) is 0 Å². The first-order valence-corrected chi connectivity index (χ1v) is 4.52. The van der Waals surface area contributed by atoms with Crippen molar-refractivity contribution in [2.75, 3.05) is 0 Å². The smallest absolute Gasteiger partial charge is 0.324 e. The van der Waals surface area contributed by atoms with E-state index in [1.807, 2.05) is 18.2 Å². The Morgan fingerprint density at radius 3 is 2.50 bits per heavy atom. The highest BCUT2D eigenvalue weighted by atomic mass is 79.9. The molecule has 0 bridgehead atoms. The lowest BCUT2D eigenvalue weighted by atomic mass is 10.3. The number of alkyl halides is 1. The van der Waals surface area contributed by atoms with Crippen molar-refractivity contribution in [2.45, 2.75) is 11.8 Å². The Labute approximate surface area is 79.7 Å². The van der Waals surface area contributed by atoms with Crippen LogP contribution in [0.5, 0.6) is 5.75 Å². The molecule has 1 rings (SSSR count). The lowest BCUT2D eigenvalue weighted by Crippen LogP contribution is -2.16. The van der Waals surface area contributed by atoms with Crippen LogP contribution in [0.2, 0.25) is 0 Å². The molecular formula is C9H9BrO2. The highest BCUT2D eigenvalue weighted by Crippen LogP contribution is 2.11. The maximum absolute atomic E-state index is 11.0. The maximum atomic E-state index is 11.0. The van der Waals surface area contributed by atoms with Crippen molar-refractivity contribution in [3.8, 4) is 5.75 Å². The fraction of sp³-hybridized carbons (Fsp3) is 0.222. The number of esters is 1. The van der Waals surface area contributed by atoms with Crippen LogP contribution >= 0.6 is 15.9 Å². The van der Waals surface area contributed by atoms with Crippen LogP contribution in [0.3, 0.4) is 0 Å². The number of benzene rings is 1. The summed E-state index contributed by atoms with van der Waals surface area (Å²) >= 11 is 3.12. The number of hydrogen-bond acceptors (Lipinski definition) is 2. The fourth-order valence-corrected chi connectivity index (χ4v) is 0.779. The van der Waals surface area contributed by atoms with E-state index in [-0.39, 0.29) is 10.8 Å². The zero-order valence-electron chi connectivity index (χ0n) is 6.66. The Kier molecular flexibility index (Phi) is 3.29. The second-order valence-corrected chi connectivity index (χ2v) is 3.72. The Bertz CT molecular complexity index is 256. The maximum Gasteiger partial charge on any atom is 0.324 e. The molecule has 1 atom stereocenters. The van der Waals surface area contributed by atoms with Gasteiger partial charge in [0.1, 0.15) is 10.6 Å². The van der Waals surface area contributed by atoms with Gasteiger partial charge in [-0.15, -0.1) is 0 Å². The normalized spacial score (nSPS) is 12.2. The van der Waals surface area contributed by atoms with Gasteiger partial charge in [0, 0.05) is 0 Å². The van der Waals surface area contributed by atoms with E-state index < -0.39 is 0 Å². The molecule has 0 saturated carbocycles. The second kappa shape index (κ2) is 4.26. The minimum atomic E-state index is -0.277. The van der Waals surface area contributed by atoms with Crippen LogP contribution in [-0.2, 0) is 4.79 Å². The third-order valence-corrected chi connectivity index (χ3v) is 1.66. The van der Waals surface area contributed by atoms with Gasteiger partial charge in [-0.05, 0) is 19.1 Å². The van der Waals surface area contributed by atoms with Crippen molar-refractivity contribution < 1.29 is 9.53 Å². The molecule has 64 valence electrons. The average molecular weight is 229 g/mol. The summed E-state index contributed by atoms with van der Waals surface area (Å²) in [5, 5.41) is 0. The number of ether oxygens (including phenoxy) is 1. The molecule has 1 aromatic rings. The Balaban J connectivity index is 2.59. The van der Waals surface area contributed by atoms with Crippen LogP contribution < -0.4 is 4.74 Å². The third kappa shape index (κ3) is 2.66. The van der Waals surface area contributed by atoms with Crippen molar-refractivity contribution in [3.05, 3.63) is 30.3 Å². The van der Waals surface area contributed by atoms with Crippen LogP contribution in [0.25, 0.3) is 0 Å². The first kappa shape index (κ1) is 9.26. The molecule has 0 aliphatic heterocycles. The van der Waals surface area contributed by atoms with E-state index in [1.54, 1.807) is 19.1 Å². The van der Waals surface area contributed by atoms with E-state index in [0.29, 0.717) is 5.75 Å². The number of hydrogen-bond donors (Lipinski definition) is 0. The van der Waals surface area contributed by atoms with Crippen LogP contribution in [-0.4, -0.2) is 10.8 Å². The molecule has 0 amide bonds. The molecule has 0 saturated heterocycles. The molecule has 0 heterocycles. The molecular weight excluding hydrogens is 220 g/mol. The number of carbonyl (C=O) groups is 1. The minimum absolute atomic E-state index is 0.266. The van der Waals surface area contributed by atoms with E-state index in [0.717, 1.165) is 0 Å². The molecule has 0 aromatic heterocycles. The molecule has 0 N–H and O–H groups in total. The van der Waals surface area contributed by atoms with Gasteiger partial charge in [-0.3, -0.25) is 4.79 Å². The second-order valence-electron chi connectivity index (χ2n) is 2.35. The predicted molar refractivity (Wildman–Crippen MR) is 50.5 cm³/mol. The third-order valence-electron chi connectivity index (χ3n) is 1.29. The summed E-state index contributed by atoms with van der Waals surface area (Å²) in [7, 11) is 0. The van der Waals surface area contributed by atoms with Gasteiger partial charge in [0.2, 0.25) is 0 Å². The lowest BCUT2D eigenvalue weighted by Gasteiger charge is -2.04. The monoisotopic (exact) mass is 228 g/mol. The van der Waals surface area contributed by atoms with E-state index in [1.165, 1.54) is 0 Å². The van der Waals surface area contributed by atoms with E-state index >= 15 is 0 Å². The van der Waals surface area contributed by atoms with E-state index in [2.05, 4.69) is 15.9 Å². The number of para-hydroxylation sites is 1. The molecule has 0 unspecified atom stereocenters. The quantitative estimate of drug-likeness (QED) is 0.442. The molecule has 0 spiro atoms. The van der Waals surface area contributed by atoms with Gasteiger partial charge >= 0.3 is 5.97 Å². The summed E-state index contributed by atoms with van der Waals surface area (Å²) in [5.41, 5.74) is 0. The molecule has 3 heteroatoms. The largest absolute Gasteiger partial charge is 0.426 e. The van der Waals surface area contributed by atoms with E-state index in [9.17, 15) is 4.79 Å². The van der Waals surface area contributed by atoms with Crippen LogP contribution in [0.1, 0.15) is 6.92 Å². The SMILES string of the molecule is C[C@H](Br)C(=O)Oc1ccccc1. The summed E-state index contributed by atoms with van der Waals surface area (Å²) in [6.45, 7) is 1.73. The molecule has 0 radical (unpaired) electrons. The summed E-state index contributed by atoms with van der Waals surface area (Å²) in [5.74, 6) is 0.301. The summed E-state index contributed by atoms with van der Waals surface area (Å²) < 4.78 is 4.99. The number of halogens is 1. The Hall–Kier alpha value is -0.830. The number of rotatable bonds is 2. The summed E-state index contributed by atoms with van der Waals surface area (Å²) in [6, 6.07) is 9.00. The van der Waals surface area contributed by atoms with Crippen molar-refractivity contribution in [2.24, 2.45) is 0 Å². The molecule has 0 aliphatic rings. The average Bonchev–Trinajstić information content (AvgIpc) is 2.06. The van der Waals surface area contributed by atoms with Crippen molar-refractivity contribution in [3.63, 3.8) is 0 Å². The Morgan fingerprint density at radius 1 is 1.42 bits per heavy atom. The predicted octanol–water partition coefficient (Wildman–Crippen LogP) is 2.38. The molecule has 0 fully saturated rings. The Morgan fingerprint density at radius 2 is 2.00 bits per heavy atom. The van der Waals surface area contributed by atoms with Gasteiger partial charge < -0.3 is 4.74 Å². The topological polar surface area (TPSA) is 26.3 Å². The van der Waals surface area contributed by atoms with Gasteiger partial charge in [0.15, 0.2) is 0 Å². The van der Waals surface area contributed by atoms with Crippen molar-refractivity contribution >= 4 is 21.9 Å². The van der Waals surface area contributed by atoms with Gasteiger partial charge in [0.25, 0.3) is 0 Å². The standard InChI is InChI=1S/C9H9BrO2/c1-7(10)9(11)12-8-5-3-2-4-6-8/h2-7H,1H3/t7-/m0/s1. The lowest BCUT2D eigenvalue weighted by molar-refractivity contribution is -0.133. The molecule has 1 aromatic carbocycles. The van der Waals surface area contributed by atoms with Gasteiger partial charge in [-0.2, -0.15) is 0 Å². The van der Waals surface area contributed by atoms with Crippen LogP contribution in [0.4, 0.5) is 0 Å². The molecule has 12 heavy (non-hydrogen) atoms. The highest BCUT2D eigenvalue weighted by molar-refractivity contribution is 9.10. The van der Waals surface area contributed by atoms with E-state index in [4.69, 9.17) is 4.74 Å². The van der Waals surface area contributed by atoms with Crippen molar-refractivity contribution in [1.82, 2.24) is 0 Å². The van der Waals surface area contributed by atoms with Gasteiger partial charge in [-0.25, -0.2) is 0 Å². The van der Waals surface area contributed by atoms with Gasteiger partial charge in [-0.1, -0.05) is 34.1 Å². The van der Waals surface area contributed by atoms with Crippen LogP contribution in [0.15, 0.2) is 30.3 Å². The fourth-order valence-electron chi connectivity index (χ4n) is 0.686. The molecule has 2 nitrogen and oxygen atoms in total. The minimum Gasteiger partial charge on any atom is -0.426 e.